The van der Waals surface area contributed by atoms with Gasteiger partial charge >= 0.3 is 0 Å². The van der Waals surface area contributed by atoms with Crippen molar-refractivity contribution in [1.82, 2.24) is 15.0 Å². The standard InChI is InChI=1S/C13H22N4O3/c1-18-7-9(14)5-12-15-13(16-20-12)11-6-17-4-2-3-10(17)8-19-11/h9-11H,2-8,14H2,1H3. The molecule has 3 atom stereocenters. The Morgan fingerprint density at radius 2 is 2.45 bits per heavy atom. The molecular formula is C13H22N4O3. The SMILES string of the molecule is COCC(N)Cc1nc(C2CN3CCCC3CO2)no1. The van der Waals surface area contributed by atoms with E-state index in [2.05, 4.69) is 15.0 Å². The van der Waals surface area contributed by atoms with Crippen LogP contribution in [0.25, 0.3) is 0 Å². The second-order valence-corrected chi connectivity index (χ2v) is 5.58. The predicted molar refractivity (Wildman–Crippen MR) is 71.1 cm³/mol. The maximum absolute atomic E-state index is 5.88. The lowest BCUT2D eigenvalue weighted by Gasteiger charge is -2.33. The molecule has 3 heterocycles. The summed E-state index contributed by atoms with van der Waals surface area (Å²) in [6.45, 7) is 3.24. The van der Waals surface area contributed by atoms with Crippen molar-refractivity contribution in [3.8, 4) is 0 Å². The average molecular weight is 282 g/mol. The van der Waals surface area contributed by atoms with E-state index < -0.39 is 0 Å². The molecule has 0 spiro atoms. The maximum Gasteiger partial charge on any atom is 0.228 e. The number of hydrogen-bond acceptors (Lipinski definition) is 7. The topological polar surface area (TPSA) is 86.6 Å². The van der Waals surface area contributed by atoms with Gasteiger partial charge in [-0.3, -0.25) is 4.90 Å². The number of morpholine rings is 1. The van der Waals surface area contributed by atoms with Crippen LogP contribution in [-0.4, -0.2) is 60.5 Å². The van der Waals surface area contributed by atoms with Crippen LogP contribution in [0.1, 0.15) is 30.7 Å². The molecule has 2 fully saturated rings. The van der Waals surface area contributed by atoms with Crippen LogP contribution in [0.15, 0.2) is 4.52 Å². The lowest BCUT2D eigenvalue weighted by atomic mass is 10.2. The minimum Gasteiger partial charge on any atom is -0.383 e. The smallest absolute Gasteiger partial charge is 0.228 e. The van der Waals surface area contributed by atoms with Crippen molar-refractivity contribution in [2.45, 2.75) is 37.5 Å². The molecule has 1 aromatic heterocycles. The molecule has 0 amide bonds. The monoisotopic (exact) mass is 282 g/mol. The summed E-state index contributed by atoms with van der Waals surface area (Å²) in [6, 6.07) is 0.455. The quantitative estimate of drug-likeness (QED) is 0.821. The van der Waals surface area contributed by atoms with E-state index in [1.165, 1.54) is 12.8 Å². The van der Waals surface area contributed by atoms with E-state index in [0.29, 0.717) is 30.8 Å². The van der Waals surface area contributed by atoms with Gasteiger partial charge in [0.05, 0.1) is 13.2 Å². The highest BCUT2D eigenvalue weighted by Gasteiger charge is 2.34. The molecule has 3 rings (SSSR count). The normalized spacial score (nSPS) is 28.5. The fourth-order valence-corrected chi connectivity index (χ4v) is 2.95. The van der Waals surface area contributed by atoms with E-state index >= 15 is 0 Å². The highest BCUT2D eigenvalue weighted by Crippen LogP contribution is 2.28. The molecule has 2 saturated heterocycles. The first kappa shape index (κ1) is 13.9. The fraction of sp³-hybridized carbons (Fsp3) is 0.846. The number of nitrogens with zero attached hydrogens (tertiary/aromatic N) is 3. The van der Waals surface area contributed by atoms with Crippen LogP contribution in [-0.2, 0) is 15.9 Å². The van der Waals surface area contributed by atoms with Crippen LogP contribution >= 0.6 is 0 Å². The summed E-state index contributed by atoms with van der Waals surface area (Å²) < 4.78 is 16.1. The third kappa shape index (κ3) is 3.01. The molecule has 0 bridgehead atoms. The third-order valence-corrected chi connectivity index (χ3v) is 3.98. The van der Waals surface area contributed by atoms with E-state index in [9.17, 15) is 0 Å². The zero-order valence-corrected chi connectivity index (χ0v) is 11.8. The van der Waals surface area contributed by atoms with Crippen LogP contribution in [0, 0.1) is 0 Å². The first-order valence-electron chi connectivity index (χ1n) is 7.19. The Morgan fingerprint density at radius 3 is 3.30 bits per heavy atom. The summed E-state index contributed by atoms with van der Waals surface area (Å²) in [4.78, 5) is 6.86. The van der Waals surface area contributed by atoms with Gasteiger partial charge < -0.3 is 19.7 Å². The molecule has 2 N–H and O–H groups in total. The Balaban J connectivity index is 1.59. The van der Waals surface area contributed by atoms with Crippen molar-refractivity contribution in [2.24, 2.45) is 5.73 Å². The molecule has 2 aliphatic rings. The van der Waals surface area contributed by atoms with E-state index in [0.717, 1.165) is 19.7 Å². The lowest BCUT2D eigenvalue weighted by Crippen LogP contribution is -2.42. The van der Waals surface area contributed by atoms with Gasteiger partial charge in [0.1, 0.15) is 6.10 Å². The molecule has 20 heavy (non-hydrogen) atoms. The Bertz CT molecular complexity index is 439. The van der Waals surface area contributed by atoms with Crippen molar-refractivity contribution in [3.05, 3.63) is 11.7 Å². The van der Waals surface area contributed by atoms with Crippen molar-refractivity contribution in [3.63, 3.8) is 0 Å². The van der Waals surface area contributed by atoms with Gasteiger partial charge in [0.2, 0.25) is 11.7 Å². The van der Waals surface area contributed by atoms with Crippen molar-refractivity contribution in [2.75, 3.05) is 33.4 Å². The van der Waals surface area contributed by atoms with Gasteiger partial charge in [-0.15, -0.1) is 0 Å². The molecule has 0 aliphatic carbocycles. The number of fused-ring (bicyclic) bond motifs is 1. The molecule has 0 radical (unpaired) electrons. The minimum absolute atomic E-state index is 0.0829. The van der Waals surface area contributed by atoms with Crippen LogP contribution < -0.4 is 5.73 Å². The second kappa shape index (κ2) is 6.17. The molecular weight excluding hydrogens is 260 g/mol. The summed E-state index contributed by atoms with van der Waals surface area (Å²) in [5.41, 5.74) is 5.88. The van der Waals surface area contributed by atoms with Crippen LogP contribution in [0.3, 0.4) is 0 Å². The number of rotatable bonds is 5. The van der Waals surface area contributed by atoms with Crippen LogP contribution in [0.2, 0.25) is 0 Å². The lowest BCUT2D eigenvalue weighted by molar-refractivity contribution is -0.0548. The van der Waals surface area contributed by atoms with Crippen molar-refractivity contribution >= 4 is 0 Å². The number of nitrogens with two attached hydrogens (primary N) is 1. The average Bonchev–Trinajstić information content (AvgIpc) is 3.06. The summed E-state index contributed by atoms with van der Waals surface area (Å²) in [5, 5.41) is 4.03. The fourth-order valence-electron chi connectivity index (χ4n) is 2.95. The zero-order chi connectivity index (χ0) is 13.9. The van der Waals surface area contributed by atoms with Gasteiger partial charge in [0.25, 0.3) is 0 Å². The number of ether oxygens (including phenoxy) is 2. The Morgan fingerprint density at radius 1 is 1.55 bits per heavy atom. The summed E-state index contributed by atoms with van der Waals surface area (Å²) >= 11 is 0. The second-order valence-electron chi connectivity index (χ2n) is 5.58. The van der Waals surface area contributed by atoms with Crippen LogP contribution in [0.4, 0.5) is 0 Å². The van der Waals surface area contributed by atoms with E-state index in [4.69, 9.17) is 19.7 Å². The Hall–Kier alpha value is -1.02. The third-order valence-electron chi connectivity index (χ3n) is 3.98. The number of methoxy groups -OCH3 is 1. The van der Waals surface area contributed by atoms with E-state index in [-0.39, 0.29) is 12.1 Å². The molecule has 0 aromatic carbocycles. The maximum atomic E-state index is 5.88. The molecule has 112 valence electrons. The van der Waals surface area contributed by atoms with Crippen molar-refractivity contribution < 1.29 is 14.0 Å². The Kier molecular flexibility index (Phi) is 4.30. The first-order chi connectivity index (χ1) is 9.76. The van der Waals surface area contributed by atoms with Gasteiger partial charge in [0, 0.05) is 32.2 Å². The van der Waals surface area contributed by atoms with E-state index in [1.807, 2.05) is 0 Å². The molecule has 7 nitrogen and oxygen atoms in total. The largest absolute Gasteiger partial charge is 0.383 e. The van der Waals surface area contributed by atoms with Crippen molar-refractivity contribution in [1.29, 1.82) is 0 Å². The molecule has 3 unspecified atom stereocenters. The molecule has 7 heteroatoms. The summed E-state index contributed by atoms with van der Waals surface area (Å²) in [7, 11) is 1.63. The summed E-state index contributed by atoms with van der Waals surface area (Å²) in [5.74, 6) is 1.19. The number of hydrogen-bond donors (Lipinski definition) is 1. The van der Waals surface area contributed by atoms with E-state index in [1.54, 1.807) is 7.11 Å². The zero-order valence-electron chi connectivity index (χ0n) is 11.8. The summed E-state index contributed by atoms with van der Waals surface area (Å²) in [6.07, 6.45) is 2.93. The molecule has 1 aromatic rings. The van der Waals surface area contributed by atoms with Gasteiger partial charge in [-0.2, -0.15) is 4.98 Å². The molecule has 0 saturated carbocycles. The van der Waals surface area contributed by atoms with Gasteiger partial charge in [0.15, 0.2) is 0 Å². The highest BCUT2D eigenvalue weighted by atomic mass is 16.5. The van der Waals surface area contributed by atoms with Gasteiger partial charge in [-0.1, -0.05) is 5.16 Å². The van der Waals surface area contributed by atoms with Gasteiger partial charge in [-0.25, -0.2) is 0 Å². The van der Waals surface area contributed by atoms with Gasteiger partial charge in [-0.05, 0) is 19.4 Å². The number of aromatic nitrogens is 2. The minimum atomic E-state index is -0.122. The Labute approximate surface area is 118 Å². The van der Waals surface area contributed by atoms with Crippen LogP contribution in [0.5, 0.6) is 0 Å². The highest BCUT2D eigenvalue weighted by molar-refractivity contribution is 4.97. The molecule has 2 aliphatic heterocycles. The first-order valence-corrected chi connectivity index (χ1v) is 7.19. The predicted octanol–water partition coefficient (Wildman–Crippen LogP) is 0.122.